The number of sulfonamides is 1. The molecular weight excluding hydrogens is 345 g/mol. The standard InChI is InChI=1S/C15H15Cl2NO3S/c1-2-21-15-8-7-13(9-14(15)17)22(19,20)18-10-11-3-5-12(16)6-4-11/h3-9,18H,2,10H2,1H3. The molecule has 0 fully saturated rings. The zero-order chi connectivity index (χ0) is 16.2. The van der Waals surface area contributed by atoms with E-state index in [-0.39, 0.29) is 16.5 Å². The number of hydrogen-bond donors (Lipinski definition) is 1. The van der Waals surface area contributed by atoms with Gasteiger partial charge in [0, 0.05) is 11.6 Å². The molecule has 0 unspecified atom stereocenters. The van der Waals surface area contributed by atoms with Crippen molar-refractivity contribution in [2.24, 2.45) is 0 Å². The molecule has 0 radical (unpaired) electrons. The second kappa shape index (κ2) is 7.33. The molecule has 1 N–H and O–H groups in total. The van der Waals surface area contributed by atoms with Gasteiger partial charge < -0.3 is 4.74 Å². The molecule has 0 heterocycles. The summed E-state index contributed by atoms with van der Waals surface area (Å²) in [6, 6.07) is 11.3. The predicted molar refractivity (Wildman–Crippen MR) is 88.1 cm³/mol. The lowest BCUT2D eigenvalue weighted by molar-refractivity contribution is 0.340. The Morgan fingerprint density at radius 1 is 1.09 bits per heavy atom. The first-order chi connectivity index (χ1) is 10.4. The van der Waals surface area contributed by atoms with Crippen LogP contribution in [0.2, 0.25) is 10.0 Å². The quantitative estimate of drug-likeness (QED) is 0.851. The second-order valence-corrected chi connectivity index (χ2v) is 7.09. The number of hydrogen-bond acceptors (Lipinski definition) is 3. The molecule has 0 aliphatic carbocycles. The van der Waals surface area contributed by atoms with Crippen LogP contribution in [0.4, 0.5) is 0 Å². The zero-order valence-electron chi connectivity index (χ0n) is 11.8. The maximum Gasteiger partial charge on any atom is 0.240 e. The molecule has 4 nitrogen and oxygen atoms in total. The van der Waals surface area contributed by atoms with Crippen molar-refractivity contribution in [1.29, 1.82) is 0 Å². The first-order valence-corrected chi connectivity index (χ1v) is 8.83. The average Bonchev–Trinajstić information content (AvgIpc) is 2.49. The maximum absolute atomic E-state index is 12.3. The highest BCUT2D eigenvalue weighted by Crippen LogP contribution is 2.27. The molecule has 0 bridgehead atoms. The molecule has 0 atom stereocenters. The van der Waals surface area contributed by atoms with Gasteiger partial charge in [-0.3, -0.25) is 0 Å². The Labute approximate surface area is 140 Å². The molecule has 2 rings (SSSR count). The molecule has 0 aliphatic heterocycles. The fourth-order valence-electron chi connectivity index (χ4n) is 1.79. The first kappa shape index (κ1) is 17.1. The highest BCUT2D eigenvalue weighted by atomic mass is 35.5. The number of nitrogens with one attached hydrogen (secondary N) is 1. The molecule has 0 spiro atoms. The van der Waals surface area contributed by atoms with Gasteiger partial charge >= 0.3 is 0 Å². The van der Waals surface area contributed by atoms with E-state index < -0.39 is 10.0 Å². The van der Waals surface area contributed by atoms with Crippen molar-refractivity contribution in [2.45, 2.75) is 18.4 Å². The van der Waals surface area contributed by atoms with Gasteiger partial charge in [-0.05, 0) is 42.8 Å². The van der Waals surface area contributed by atoms with Crippen molar-refractivity contribution in [1.82, 2.24) is 4.72 Å². The molecule has 0 saturated heterocycles. The Morgan fingerprint density at radius 3 is 2.36 bits per heavy atom. The lowest BCUT2D eigenvalue weighted by Crippen LogP contribution is -2.23. The highest BCUT2D eigenvalue weighted by Gasteiger charge is 2.15. The highest BCUT2D eigenvalue weighted by molar-refractivity contribution is 7.89. The largest absolute Gasteiger partial charge is 0.492 e. The van der Waals surface area contributed by atoms with Gasteiger partial charge in [-0.15, -0.1) is 0 Å². The first-order valence-electron chi connectivity index (χ1n) is 6.59. The molecule has 0 amide bonds. The second-order valence-electron chi connectivity index (χ2n) is 4.48. The van der Waals surface area contributed by atoms with Crippen molar-refractivity contribution in [3.8, 4) is 5.75 Å². The fraction of sp³-hybridized carbons (Fsp3) is 0.200. The SMILES string of the molecule is CCOc1ccc(S(=O)(=O)NCc2ccc(Cl)cc2)cc1Cl. The summed E-state index contributed by atoms with van der Waals surface area (Å²) in [5, 5.41) is 0.862. The van der Waals surface area contributed by atoms with Gasteiger partial charge in [0.2, 0.25) is 10.0 Å². The minimum Gasteiger partial charge on any atom is -0.492 e. The van der Waals surface area contributed by atoms with E-state index in [1.807, 2.05) is 6.92 Å². The summed E-state index contributed by atoms with van der Waals surface area (Å²) in [5.41, 5.74) is 0.810. The summed E-state index contributed by atoms with van der Waals surface area (Å²) < 4.78 is 32.3. The van der Waals surface area contributed by atoms with Crippen molar-refractivity contribution >= 4 is 33.2 Å². The van der Waals surface area contributed by atoms with Gasteiger partial charge in [0.25, 0.3) is 0 Å². The molecule has 0 saturated carbocycles. The van der Waals surface area contributed by atoms with E-state index in [0.29, 0.717) is 17.4 Å². The van der Waals surface area contributed by atoms with E-state index in [1.165, 1.54) is 12.1 Å². The topological polar surface area (TPSA) is 55.4 Å². The summed E-state index contributed by atoms with van der Waals surface area (Å²) in [7, 11) is -3.65. The fourth-order valence-corrected chi connectivity index (χ4v) is 3.25. The zero-order valence-corrected chi connectivity index (χ0v) is 14.2. The molecule has 22 heavy (non-hydrogen) atoms. The van der Waals surface area contributed by atoms with Crippen molar-refractivity contribution in [2.75, 3.05) is 6.61 Å². The van der Waals surface area contributed by atoms with E-state index in [0.717, 1.165) is 5.56 Å². The number of benzene rings is 2. The Balaban J connectivity index is 2.13. The van der Waals surface area contributed by atoms with Crippen LogP contribution in [0.25, 0.3) is 0 Å². The molecule has 0 aliphatic rings. The van der Waals surface area contributed by atoms with Crippen molar-refractivity contribution < 1.29 is 13.2 Å². The Hall–Kier alpha value is -1.27. The third-order valence-electron chi connectivity index (χ3n) is 2.89. The Bertz CT molecular complexity index is 746. The van der Waals surface area contributed by atoms with Gasteiger partial charge in [0.1, 0.15) is 5.75 Å². The van der Waals surface area contributed by atoms with Crippen molar-refractivity contribution in [3.05, 3.63) is 58.1 Å². The summed E-state index contributed by atoms with van der Waals surface area (Å²) in [6.45, 7) is 2.46. The van der Waals surface area contributed by atoms with E-state index in [2.05, 4.69) is 4.72 Å². The van der Waals surface area contributed by atoms with E-state index in [9.17, 15) is 8.42 Å². The minimum absolute atomic E-state index is 0.0925. The van der Waals surface area contributed by atoms with Gasteiger partial charge in [-0.1, -0.05) is 35.3 Å². The summed E-state index contributed by atoms with van der Waals surface area (Å²) >= 11 is 11.8. The van der Waals surface area contributed by atoms with Crippen LogP contribution < -0.4 is 9.46 Å². The maximum atomic E-state index is 12.3. The third-order valence-corrected chi connectivity index (χ3v) is 4.84. The minimum atomic E-state index is -3.65. The molecule has 7 heteroatoms. The van der Waals surface area contributed by atoms with E-state index in [4.69, 9.17) is 27.9 Å². The molecule has 118 valence electrons. The average molecular weight is 360 g/mol. The van der Waals surface area contributed by atoms with Crippen LogP contribution in [-0.2, 0) is 16.6 Å². The Kier molecular flexibility index (Phi) is 5.69. The summed E-state index contributed by atoms with van der Waals surface area (Å²) in [6.07, 6.45) is 0. The van der Waals surface area contributed by atoms with Crippen LogP contribution in [0.1, 0.15) is 12.5 Å². The third kappa shape index (κ3) is 4.36. The van der Waals surface area contributed by atoms with Gasteiger partial charge in [-0.2, -0.15) is 0 Å². The van der Waals surface area contributed by atoms with Gasteiger partial charge in [0.05, 0.1) is 16.5 Å². The van der Waals surface area contributed by atoms with Gasteiger partial charge in [-0.25, -0.2) is 13.1 Å². The van der Waals surface area contributed by atoms with Crippen LogP contribution in [0.3, 0.4) is 0 Å². The van der Waals surface area contributed by atoms with Crippen LogP contribution in [0, 0.1) is 0 Å². The number of ether oxygens (including phenoxy) is 1. The van der Waals surface area contributed by atoms with Crippen LogP contribution >= 0.6 is 23.2 Å². The summed E-state index contributed by atoms with van der Waals surface area (Å²) in [4.78, 5) is 0.0925. The predicted octanol–water partition coefficient (Wildman–Crippen LogP) is 3.87. The van der Waals surface area contributed by atoms with Crippen molar-refractivity contribution in [3.63, 3.8) is 0 Å². The molecule has 2 aromatic carbocycles. The smallest absolute Gasteiger partial charge is 0.240 e. The number of halogens is 2. The molecular formula is C15H15Cl2NO3S. The lowest BCUT2D eigenvalue weighted by Gasteiger charge is -2.10. The monoisotopic (exact) mass is 359 g/mol. The lowest BCUT2D eigenvalue weighted by atomic mass is 10.2. The Morgan fingerprint density at radius 2 is 1.77 bits per heavy atom. The molecule has 2 aromatic rings. The number of rotatable bonds is 6. The van der Waals surface area contributed by atoms with Gasteiger partial charge in [0.15, 0.2) is 0 Å². The molecule has 0 aromatic heterocycles. The summed E-state index contributed by atoms with van der Waals surface area (Å²) in [5.74, 6) is 0.459. The van der Waals surface area contributed by atoms with Crippen LogP contribution in [-0.4, -0.2) is 15.0 Å². The normalized spacial score (nSPS) is 11.4. The van der Waals surface area contributed by atoms with Crippen LogP contribution in [0.5, 0.6) is 5.75 Å². The van der Waals surface area contributed by atoms with E-state index in [1.54, 1.807) is 30.3 Å². The van der Waals surface area contributed by atoms with Crippen LogP contribution in [0.15, 0.2) is 47.4 Å². The van der Waals surface area contributed by atoms with E-state index >= 15 is 0 Å².